The van der Waals surface area contributed by atoms with Crippen molar-refractivity contribution in [3.05, 3.63) is 24.3 Å². The number of H-pyrrole nitrogens is 1. The molecule has 0 saturated heterocycles. The monoisotopic (exact) mass is 270 g/mol. The maximum Gasteiger partial charge on any atom is 0.179 e. The molecule has 4 rings (SSSR count). The minimum absolute atomic E-state index is 0.495. The molecule has 1 saturated carbocycles. The zero-order valence-electron chi connectivity index (χ0n) is 11.5. The Balaban J connectivity index is 1.78. The summed E-state index contributed by atoms with van der Waals surface area (Å²) in [4.78, 5) is 7.51. The highest BCUT2D eigenvalue weighted by Crippen LogP contribution is 2.32. The average molecular weight is 270 g/mol. The Morgan fingerprint density at radius 2 is 2.10 bits per heavy atom. The van der Waals surface area contributed by atoms with Crippen molar-refractivity contribution in [2.75, 3.05) is 7.05 Å². The van der Waals surface area contributed by atoms with Gasteiger partial charge in [-0.05, 0) is 38.8 Å². The van der Waals surface area contributed by atoms with Gasteiger partial charge in [0.1, 0.15) is 5.82 Å². The predicted molar refractivity (Wildman–Crippen MR) is 76.7 cm³/mol. The van der Waals surface area contributed by atoms with Gasteiger partial charge in [-0.2, -0.15) is 0 Å². The van der Waals surface area contributed by atoms with E-state index in [0.717, 1.165) is 22.6 Å². The lowest BCUT2D eigenvalue weighted by atomic mass is 9.85. The lowest BCUT2D eigenvalue weighted by Gasteiger charge is -2.27. The third-order valence-corrected chi connectivity index (χ3v) is 4.47. The zero-order valence-corrected chi connectivity index (χ0v) is 11.5. The summed E-state index contributed by atoms with van der Waals surface area (Å²) in [7, 11) is 2.05. The summed E-state index contributed by atoms with van der Waals surface area (Å²) >= 11 is 0. The summed E-state index contributed by atoms with van der Waals surface area (Å²) in [5, 5.41) is 12.1. The highest BCUT2D eigenvalue weighted by atomic mass is 15.3. The fraction of sp³-hybridized carbons (Fsp3) is 0.500. The van der Waals surface area contributed by atoms with Gasteiger partial charge < -0.3 is 10.3 Å². The van der Waals surface area contributed by atoms with Crippen LogP contribution in [-0.2, 0) is 0 Å². The first-order valence-electron chi connectivity index (χ1n) is 7.21. The summed E-state index contributed by atoms with van der Waals surface area (Å²) in [6, 6.07) is 2.70. The molecular formula is C14H18N6. The molecule has 104 valence electrons. The summed E-state index contributed by atoms with van der Waals surface area (Å²) in [5.41, 5.74) is 2.79. The van der Waals surface area contributed by atoms with E-state index in [9.17, 15) is 0 Å². The van der Waals surface area contributed by atoms with E-state index in [1.807, 2.05) is 19.3 Å². The lowest BCUT2D eigenvalue weighted by molar-refractivity contribution is 0.350. The van der Waals surface area contributed by atoms with Gasteiger partial charge in [0.15, 0.2) is 11.3 Å². The van der Waals surface area contributed by atoms with Gasteiger partial charge >= 0.3 is 0 Å². The highest BCUT2D eigenvalue weighted by Gasteiger charge is 2.25. The molecule has 1 aliphatic carbocycles. The first-order chi connectivity index (χ1) is 9.86. The number of hydrogen-bond acceptors (Lipinski definition) is 4. The second-order valence-electron chi connectivity index (χ2n) is 5.56. The second kappa shape index (κ2) is 4.56. The Hall–Kier alpha value is -1.95. The van der Waals surface area contributed by atoms with Crippen molar-refractivity contribution >= 4 is 16.8 Å². The molecule has 0 amide bonds. The molecule has 0 aromatic carbocycles. The van der Waals surface area contributed by atoms with E-state index in [0.29, 0.717) is 12.0 Å². The molecule has 20 heavy (non-hydrogen) atoms. The van der Waals surface area contributed by atoms with Gasteiger partial charge in [0, 0.05) is 18.2 Å². The molecule has 0 spiro atoms. The largest absolute Gasteiger partial charge is 0.345 e. The van der Waals surface area contributed by atoms with Crippen molar-refractivity contribution in [2.24, 2.45) is 0 Å². The Morgan fingerprint density at radius 1 is 1.25 bits per heavy atom. The smallest absolute Gasteiger partial charge is 0.179 e. The molecule has 6 nitrogen and oxygen atoms in total. The molecule has 3 aromatic rings. The van der Waals surface area contributed by atoms with E-state index < -0.39 is 0 Å². The third kappa shape index (κ3) is 1.71. The maximum absolute atomic E-state index is 4.44. The summed E-state index contributed by atoms with van der Waals surface area (Å²) in [6.07, 6.45) is 8.45. The molecule has 0 bridgehead atoms. The first-order valence-corrected chi connectivity index (χ1v) is 7.21. The number of aromatic amines is 1. The number of nitrogens with zero attached hydrogens (tertiary/aromatic N) is 4. The van der Waals surface area contributed by atoms with Gasteiger partial charge in [0.25, 0.3) is 0 Å². The summed E-state index contributed by atoms with van der Waals surface area (Å²) in [6.45, 7) is 0. The van der Waals surface area contributed by atoms with E-state index in [-0.39, 0.29) is 0 Å². The van der Waals surface area contributed by atoms with Crippen molar-refractivity contribution in [3.63, 3.8) is 0 Å². The number of hydrogen-bond donors (Lipinski definition) is 2. The Morgan fingerprint density at radius 3 is 2.90 bits per heavy atom. The van der Waals surface area contributed by atoms with Gasteiger partial charge in [-0.1, -0.05) is 0 Å². The van der Waals surface area contributed by atoms with Crippen LogP contribution in [0.4, 0.5) is 0 Å². The number of rotatable bonds is 2. The predicted octanol–water partition coefficient (Wildman–Crippen LogP) is 1.85. The molecular weight excluding hydrogens is 252 g/mol. The molecule has 6 heteroatoms. The zero-order chi connectivity index (χ0) is 13.5. The Kier molecular flexibility index (Phi) is 2.70. The topological polar surface area (TPSA) is 70.9 Å². The number of aromatic nitrogens is 5. The molecule has 3 heterocycles. The van der Waals surface area contributed by atoms with Crippen molar-refractivity contribution in [3.8, 4) is 0 Å². The van der Waals surface area contributed by atoms with Gasteiger partial charge in [-0.25, -0.2) is 4.98 Å². The molecule has 0 unspecified atom stereocenters. The van der Waals surface area contributed by atoms with E-state index in [1.165, 1.54) is 25.7 Å². The van der Waals surface area contributed by atoms with Crippen LogP contribution < -0.4 is 5.32 Å². The van der Waals surface area contributed by atoms with Crippen molar-refractivity contribution in [1.29, 1.82) is 0 Å². The van der Waals surface area contributed by atoms with E-state index in [4.69, 9.17) is 0 Å². The van der Waals surface area contributed by atoms with Crippen LogP contribution >= 0.6 is 0 Å². The normalized spacial score (nSPS) is 23.6. The van der Waals surface area contributed by atoms with Crippen LogP contribution in [0.15, 0.2) is 18.5 Å². The highest BCUT2D eigenvalue weighted by molar-refractivity contribution is 5.74. The van der Waals surface area contributed by atoms with Gasteiger partial charge in [-0.3, -0.25) is 4.40 Å². The summed E-state index contributed by atoms with van der Waals surface area (Å²) < 4.78 is 2.16. The number of fused-ring (bicyclic) bond motifs is 3. The van der Waals surface area contributed by atoms with Crippen LogP contribution in [0.3, 0.4) is 0 Å². The first kappa shape index (κ1) is 11.8. The molecule has 0 atom stereocenters. The maximum atomic E-state index is 4.44. The fourth-order valence-electron chi connectivity index (χ4n) is 3.30. The lowest BCUT2D eigenvalue weighted by Crippen LogP contribution is -2.30. The van der Waals surface area contributed by atoms with E-state index in [2.05, 4.69) is 29.9 Å². The third-order valence-electron chi connectivity index (χ3n) is 4.47. The van der Waals surface area contributed by atoms with Crippen molar-refractivity contribution in [2.45, 2.75) is 37.6 Å². The van der Waals surface area contributed by atoms with Crippen LogP contribution in [-0.4, -0.2) is 37.7 Å². The van der Waals surface area contributed by atoms with Gasteiger partial charge in [0.2, 0.25) is 0 Å². The summed E-state index contributed by atoms with van der Waals surface area (Å²) in [5.74, 6) is 1.58. The average Bonchev–Trinajstić information content (AvgIpc) is 3.13. The van der Waals surface area contributed by atoms with Crippen LogP contribution in [0, 0.1) is 0 Å². The Labute approximate surface area is 116 Å². The molecule has 0 radical (unpaired) electrons. The molecule has 3 aromatic heterocycles. The minimum Gasteiger partial charge on any atom is -0.345 e. The van der Waals surface area contributed by atoms with E-state index in [1.54, 1.807) is 6.20 Å². The van der Waals surface area contributed by atoms with Crippen LogP contribution in [0.25, 0.3) is 16.8 Å². The van der Waals surface area contributed by atoms with Crippen LogP contribution in [0.1, 0.15) is 37.4 Å². The Bertz CT molecular complexity index is 734. The SMILES string of the molecule is CNC1CCC(c2nnc3cnc4[nH]ccc4n23)CC1. The minimum atomic E-state index is 0.495. The second-order valence-corrected chi connectivity index (χ2v) is 5.56. The van der Waals surface area contributed by atoms with Crippen LogP contribution in [0.2, 0.25) is 0 Å². The molecule has 1 aliphatic rings. The molecule has 0 aliphatic heterocycles. The van der Waals surface area contributed by atoms with Gasteiger partial charge in [-0.15, -0.1) is 10.2 Å². The van der Waals surface area contributed by atoms with Crippen molar-refractivity contribution < 1.29 is 0 Å². The van der Waals surface area contributed by atoms with Crippen LogP contribution in [0.5, 0.6) is 0 Å². The van der Waals surface area contributed by atoms with E-state index >= 15 is 0 Å². The quantitative estimate of drug-likeness (QED) is 0.745. The standard InChI is InChI=1S/C14H18N6/c1-15-10-4-2-9(3-5-10)14-19-18-12-8-17-13-11(20(12)14)6-7-16-13/h6-10,15-16H,2-5H2,1H3. The van der Waals surface area contributed by atoms with Crippen molar-refractivity contribution in [1.82, 2.24) is 29.9 Å². The molecule has 1 fully saturated rings. The molecule has 2 N–H and O–H groups in total. The number of nitrogens with one attached hydrogen (secondary N) is 2. The van der Waals surface area contributed by atoms with Gasteiger partial charge in [0.05, 0.1) is 11.7 Å². The fourth-order valence-corrected chi connectivity index (χ4v) is 3.30.